The van der Waals surface area contributed by atoms with E-state index in [1.165, 1.54) is 20.2 Å². The van der Waals surface area contributed by atoms with E-state index in [-0.39, 0.29) is 5.54 Å². The van der Waals surface area contributed by atoms with E-state index in [0.29, 0.717) is 0 Å². The van der Waals surface area contributed by atoms with Crippen molar-refractivity contribution in [2.75, 3.05) is 7.11 Å². The zero-order valence-corrected chi connectivity index (χ0v) is 13.3. The molecule has 0 amide bonds. The third-order valence-electron chi connectivity index (χ3n) is 2.30. The molecule has 6 heteroatoms. The van der Waals surface area contributed by atoms with Crippen LogP contribution < -0.4 is 0 Å². The molecule has 116 valence electrons. The number of aliphatic imine (C=N–C) groups is 1. The van der Waals surface area contributed by atoms with Gasteiger partial charge in [-0.2, -0.15) is 0 Å². The highest BCUT2D eigenvalue weighted by Crippen LogP contribution is 2.08. The first kappa shape index (κ1) is 18.6. The van der Waals surface area contributed by atoms with E-state index in [1.54, 1.807) is 13.8 Å². The largest absolute Gasteiger partial charge is 0.450 e. The Balaban J connectivity index is 4.38. The lowest BCUT2D eigenvalue weighted by molar-refractivity contribution is -0.185. The van der Waals surface area contributed by atoms with E-state index < -0.39 is 30.3 Å². The molecule has 0 aromatic rings. The predicted molar refractivity (Wildman–Crippen MR) is 75.5 cm³/mol. The van der Waals surface area contributed by atoms with Crippen LogP contribution in [0.2, 0.25) is 0 Å². The van der Waals surface area contributed by atoms with Gasteiger partial charge >= 0.3 is 11.9 Å². The minimum atomic E-state index is -0.981. The molecular weight excluding hydrogens is 262 g/mol. The second-order valence-corrected chi connectivity index (χ2v) is 5.56. The maximum Gasteiger partial charge on any atom is 0.349 e. The lowest BCUT2D eigenvalue weighted by Crippen LogP contribution is -2.31. The molecule has 0 spiro atoms. The highest BCUT2D eigenvalue weighted by Gasteiger charge is 2.23. The molecule has 3 atom stereocenters. The number of esters is 2. The zero-order chi connectivity index (χ0) is 15.9. The van der Waals surface area contributed by atoms with Crippen molar-refractivity contribution in [2.24, 2.45) is 10.9 Å². The van der Waals surface area contributed by atoms with Crippen LogP contribution in [0, 0.1) is 5.92 Å². The summed E-state index contributed by atoms with van der Waals surface area (Å²) in [6.07, 6.45) is -0.132. The van der Waals surface area contributed by atoms with Gasteiger partial charge in [0.2, 0.25) is 0 Å². The molecule has 3 unspecified atom stereocenters. The van der Waals surface area contributed by atoms with Crippen molar-refractivity contribution in [2.45, 2.75) is 59.5 Å². The molecule has 0 N–H and O–H groups in total. The highest BCUT2D eigenvalue weighted by molar-refractivity contribution is 5.90. The Morgan fingerprint density at radius 1 is 1.05 bits per heavy atom. The number of methoxy groups -OCH3 is 1. The molecule has 0 aliphatic carbocycles. The summed E-state index contributed by atoms with van der Waals surface area (Å²) in [5.74, 6) is -1.69. The molecule has 0 saturated carbocycles. The van der Waals surface area contributed by atoms with Gasteiger partial charge in [-0.25, -0.2) is 4.79 Å². The summed E-state index contributed by atoms with van der Waals surface area (Å²) in [6, 6.07) is 0. The number of nitrogens with zero attached hydrogens (tertiary/aromatic N) is 1. The van der Waals surface area contributed by atoms with Gasteiger partial charge in [-0.15, -0.1) is 0 Å². The molecule has 0 fully saturated rings. The van der Waals surface area contributed by atoms with Crippen LogP contribution in [0.1, 0.15) is 41.5 Å². The summed E-state index contributed by atoms with van der Waals surface area (Å²) in [5, 5.41) is 0. The molecule has 0 aliphatic heterocycles. The van der Waals surface area contributed by atoms with Crippen molar-refractivity contribution in [3.63, 3.8) is 0 Å². The van der Waals surface area contributed by atoms with Crippen molar-refractivity contribution in [3.8, 4) is 0 Å². The number of rotatable bonds is 6. The lowest BCUT2D eigenvalue weighted by Gasteiger charge is -2.17. The maximum absolute atomic E-state index is 11.8. The van der Waals surface area contributed by atoms with Crippen LogP contribution in [0.25, 0.3) is 0 Å². The number of hydrogen-bond donors (Lipinski definition) is 0. The van der Waals surface area contributed by atoms with Crippen LogP contribution in [0.15, 0.2) is 4.99 Å². The first-order chi connectivity index (χ1) is 9.06. The smallest absolute Gasteiger partial charge is 0.349 e. The molecule has 0 heterocycles. The molecule has 6 nitrogen and oxygen atoms in total. The van der Waals surface area contributed by atoms with Gasteiger partial charge in [0.25, 0.3) is 0 Å². The Kier molecular flexibility index (Phi) is 7.42. The van der Waals surface area contributed by atoms with Gasteiger partial charge in [-0.3, -0.25) is 9.79 Å². The molecule has 0 aliphatic rings. The van der Waals surface area contributed by atoms with Gasteiger partial charge in [-0.05, 0) is 41.5 Å². The summed E-state index contributed by atoms with van der Waals surface area (Å²) in [5.41, 5.74) is -0.257. The summed E-state index contributed by atoms with van der Waals surface area (Å²) in [7, 11) is 1.42. The molecule has 0 aromatic heterocycles. The van der Waals surface area contributed by atoms with Gasteiger partial charge < -0.3 is 14.2 Å². The van der Waals surface area contributed by atoms with Crippen molar-refractivity contribution in [1.82, 2.24) is 0 Å². The van der Waals surface area contributed by atoms with Gasteiger partial charge in [0.1, 0.15) is 0 Å². The fourth-order valence-corrected chi connectivity index (χ4v) is 1.03. The molecule has 20 heavy (non-hydrogen) atoms. The van der Waals surface area contributed by atoms with E-state index >= 15 is 0 Å². The Morgan fingerprint density at radius 2 is 1.60 bits per heavy atom. The maximum atomic E-state index is 11.8. The predicted octanol–water partition coefficient (Wildman–Crippen LogP) is 1.96. The normalized spacial score (nSPS) is 16.6. The highest BCUT2D eigenvalue weighted by atomic mass is 16.7. The summed E-state index contributed by atoms with van der Waals surface area (Å²) >= 11 is 0. The molecule has 0 rings (SSSR count). The molecular formula is C14H25NO5. The molecule has 0 saturated heterocycles. The van der Waals surface area contributed by atoms with E-state index in [9.17, 15) is 9.59 Å². The first-order valence-corrected chi connectivity index (χ1v) is 6.56. The summed E-state index contributed by atoms with van der Waals surface area (Å²) in [4.78, 5) is 27.6. The van der Waals surface area contributed by atoms with Crippen LogP contribution in [0.3, 0.4) is 0 Å². The van der Waals surface area contributed by atoms with Crippen molar-refractivity contribution >= 4 is 18.2 Å². The van der Waals surface area contributed by atoms with E-state index in [1.807, 2.05) is 20.8 Å². The minimum Gasteiger partial charge on any atom is -0.450 e. The van der Waals surface area contributed by atoms with E-state index in [0.717, 1.165) is 0 Å². The number of carbonyl (C=O) groups is 2. The number of carbonyl (C=O) groups excluding carboxylic acids is 2. The Hall–Kier alpha value is -1.43. The number of ether oxygens (including phenoxy) is 3. The van der Waals surface area contributed by atoms with Crippen LogP contribution in [0.4, 0.5) is 0 Å². The summed E-state index contributed by atoms with van der Waals surface area (Å²) < 4.78 is 14.7. The Bertz CT molecular complexity index is 359. The van der Waals surface area contributed by atoms with Crippen LogP contribution >= 0.6 is 0 Å². The lowest BCUT2D eigenvalue weighted by atomic mass is 10.1. The monoisotopic (exact) mass is 287 g/mol. The Morgan fingerprint density at radius 3 is 2.05 bits per heavy atom. The standard InChI is InChI=1S/C14H25NO5/c1-9(8-15-14(4,5)6)12(16)19-10(2)13(17)20-11(3)18-7/h8-11H,1-7H3. The van der Waals surface area contributed by atoms with Crippen LogP contribution in [-0.2, 0) is 23.8 Å². The fraction of sp³-hybridized carbons (Fsp3) is 0.786. The third-order valence-corrected chi connectivity index (χ3v) is 2.30. The van der Waals surface area contributed by atoms with Gasteiger partial charge in [0, 0.05) is 13.3 Å². The van der Waals surface area contributed by atoms with Crippen LogP contribution in [0.5, 0.6) is 0 Å². The average molecular weight is 287 g/mol. The zero-order valence-electron chi connectivity index (χ0n) is 13.3. The minimum absolute atomic E-state index is 0.257. The van der Waals surface area contributed by atoms with E-state index in [4.69, 9.17) is 14.2 Å². The van der Waals surface area contributed by atoms with Gasteiger partial charge in [-0.1, -0.05) is 0 Å². The molecule has 0 radical (unpaired) electrons. The molecule has 0 aromatic carbocycles. The average Bonchev–Trinajstić information content (AvgIpc) is 2.34. The van der Waals surface area contributed by atoms with E-state index in [2.05, 4.69) is 4.99 Å². The van der Waals surface area contributed by atoms with Crippen molar-refractivity contribution in [1.29, 1.82) is 0 Å². The summed E-state index contributed by atoms with van der Waals surface area (Å²) in [6.45, 7) is 10.5. The quantitative estimate of drug-likeness (QED) is 0.424. The second kappa shape index (κ2) is 7.99. The number of hydrogen-bond acceptors (Lipinski definition) is 6. The molecule has 0 bridgehead atoms. The fourth-order valence-electron chi connectivity index (χ4n) is 1.03. The Labute approximate surface area is 120 Å². The second-order valence-electron chi connectivity index (χ2n) is 5.56. The van der Waals surface area contributed by atoms with Crippen molar-refractivity contribution in [3.05, 3.63) is 0 Å². The first-order valence-electron chi connectivity index (χ1n) is 6.56. The van der Waals surface area contributed by atoms with Crippen LogP contribution in [-0.4, -0.2) is 43.2 Å². The van der Waals surface area contributed by atoms with Gasteiger partial charge in [0.15, 0.2) is 12.4 Å². The topological polar surface area (TPSA) is 74.2 Å². The van der Waals surface area contributed by atoms with Gasteiger partial charge in [0.05, 0.1) is 11.5 Å². The van der Waals surface area contributed by atoms with Crippen molar-refractivity contribution < 1.29 is 23.8 Å². The SMILES string of the molecule is COC(C)OC(=O)C(C)OC(=O)C(C)C=NC(C)(C)C. The third kappa shape index (κ3) is 7.89.